The van der Waals surface area contributed by atoms with Gasteiger partial charge in [-0.15, -0.1) is 0 Å². The lowest BCUT2D eigenvalue weighted by Gasteiger charge is -2.39. The van der Waals surface area contributed by atoms with Crippen molar-refractivity contribution in [2.24, 2.45) is 0 Å². The van der Waals surface area contributed by atoms with Gasteiger partial charge < -0.3 is 9.64 Å². The highest BCUT2D eigenvalue weighted by Gasteiger charge is 2.40. The molecule has 0 atom stereocenters. The minimum absolute atomic E-state index is 0.197. The first-order valence-corrected chi connectivity index (χ1v) is 10.1. The summed E-state index contributed by atoms with van der Waals surface area (Å²) in [6.45, 7) is 7.68. The average Bonchev–Trinajstić information content (AvgIpc) is 2.94. The van der Waals surface area contributed by atoms with Crippen LogP contribution in [0.2, 0.25) is 0 Å². The molecule has 1 amide bonds. The maximum Gasteiger partial charge on any atom is 0.409 e. The van der Waals surface area contributed by atoms with Crippen molar-refractivity contribution >= 4 is 6.09 Å². The topological polar surface area (TPSA) is 69.5 Å². The van der Waals surface area contributed by atoms with E-state index in [1.54, 1.807) is 0 Å². The second-order valence-electron chi connectivity index (χ2n) is 7.72. The van der Waals surface area contributed by atoms with Crippen LogP contribution in [0.1, 0.15) is 50.3 Å². The zero-order chi connectivity index (χ0) is 19.3. The molecule has 0 N–H and O–H groups in total. The van der Waals surface area contributed by atoms with Crippen LogP contribution in [0.15, 0.2) is 18.3 Å². The standard InChI is InChI=1S/C21H30N4O2/c1-3-27-20(26)25-12-4-11-24(13-14-25)18-5-8-21(16-22,9-6-18)19-15-17(2)7-10-23-19/h7,10,15,18H,3-6,8-9,11-14H2,1-2H3. The highest BCUT2D eigenvalue weighted by Crippen LogP contribution is 2.39. The fraction of sp³-hybridized carbons (Fsp3) is 0.667. The number of nitriles is 1. The maximum atomic E-state index is 12.0. The third-order valence-corrected chi connectivity index (χ3v) is 6.00. The minimum atomic E-state index is -0.453. The normalized spacial score (nSPS) is 26.9. The first-order valence-electron chi connectivity index (χ1n) is 10.1. The Balaban J connectivity index is 1.60. The lowest BCUT2D eigenvalue weighted by atomic mass is 9.70. The van der Waals surface area contributed by atoms with Gasteiger partial charge in [-0.1, -0.05) is 0 Å². The fourth-order valence-electron chi connectivity index (χ4n) is 4.38. The summed E-state index contributed by atoms with van der Waals surface area (Å²) in [7, 11) is 0. The molecule has 1 aliphatic carbocycles. The summed E-state index contributed by atoms with van der Waals surface area (Å²) < 4.78 is 5.14. The molecule has 2 heterocycles. The maximum absolute atomic E-state index is 12.0. The molecule has 0 aromatic carbocycles. The Bertz CT molecular complexity index is 692. The largest absolute Gasteiger partial charge is 0.450 e. The molecule has 3 rings (SSSR count). The molecule has 0 spiro atoms. The summed E-state index contributed by atoms with van der Waals surface area (Å²) in [4.78, 5) is 20.8. The first kappa shape index (κ1) is 19.6. The number of ether oxygens (including phenoxy) is 1. The minimum Gasteiger partial charge on any atom is -0.450 e. The molecular formula is C21H30N4O2. The lowest BCUT2D eigenvalue weighted by molar-refractivity contribution is 0.104. The number of amides is 1. The molecule has 6 nitrogen and oxygen atoms in total. The van der Waals surface area contributed by atoms with Gasteiger partial charge >= 0.3 is 6.09 Å². The predicted molar refractivity (Wildman–Crippen MR) is 103 cm³/mol. The number of pyridine rings is 1. The van der Waals surface area contributed by atoms with Crippen LogP contribution in [0.3, 0.4) is 0 Å². The molecule has 0 bridgehead atoms. The smallest absolute Gasteiger partial charge is 0.409 e. The average molecular weight is 370 g/mol. The van der Waals surface area contributed by atoms with Crippen molar-refractivity contribution < 1.29 is 9.53 Å². The van der Waals surface area contributed by atoms with Crippen LogP contribution in [0.25, 0.3) is 0 Å². The second-order valence-corrected chi connectivity index (χ2v) is 7.72. The van der Waals surface area contributed by atoms with Crippen molar-refractivity contribution in [1.29, 1.82) is 5.26 Å². The van der Waals surface area contributed by atoms with E-state index in [0.717, 1.165) is 69.5 Å². The Morgan fingerprint density at radius 3 is 2.78 bits per heavy atom. The van der Waals surface area contributed by atoms with Gasteiger partial charge in [-0.3, -0.25) is 9.88 Å². The van der Waals surface area contributed by atoms with E-state index in [-0.39, 0.29) is 6.09 Å². The summed E-state index contributed by atoms with van der Waals surface area (Å²) in [6.07, 6.45) is 6.29. The molecule has 1 saturated carbocycles. The van der Waals surface area contributed by atoms with Gasteiger partial charge in [-0.05, 0) is 63.6 Å². The summed E-state index contributed by atoms with van der Waals surface area (Å²) in [6, 6.07) is 7.11. The van der Waals surface area contributed by atoms with Crippen molar-refractivity contribution in [3.05, 3.63) is 29.6 Å². The van der Waals surface area contributed by atoms with Crippen LogP contribution >= 0.6 is 0 Å². The van der Waals surface area contributed by atoms with E-state index in [9.17, 15) is 10.1 Å². The Kier molecular flexibility index (Phi) is 6.33. The number of aryl methyl sites for hydroxylation is 1. The molecule has 1 aliphatic heterocycles. The van der Waals surface area contributed by atoms with Gasteiger partial charge in [-0.25, -0.2) is 4.79 Å². The van der Waals surface area contributed by atoms with Crippen molar-refractivity contribution in [3.63, 3.8) is 0 Å². The number of hydrogen-bond donors (Lipinski definition) is 0. The number of nitrogens with zero attached hydrogens (tertiary/aromatic N) is 4. The number of carbonyl (C=O) groups is 1. The number of carbonyl (C=O) groups excluding carboxylic acids is 1. The molecule has 6 heteroatoms. The molecular weight excluding hydrogens is 340 g/mol. The number of aromatic nitrogens is 1. The third-order valence-electron chi connectivity index (χ3n) is 6.00. The molecule has 2 aliphatic rings. The third kappa shape index (κ3) is 4.41. The van der Waals surface area contributed by atoms with Crippen LogP contribution in [0.5, 0.6) is 0 Å². The Morgan fingerprint density at radius 2 is 2.11 bits per heavy atom. The molecule has 1 aromatic heterocycles. The highest BCUT2D eigenvalue weighted by atomic mass is 16.6. The summed E-state index contributed by atoms with van der Waals surface area (Å²) in [5.41, 5.74) is 1.63. The van der Waals surface area contributed by atoms with Crippen LogP contribution in [-0.2, 0) is 10.2 Å². The van der Waals surface area contributed by atoms with Crippen molar-refractivity contribution in [3.8, 4) is 6.07 Å². The molecule has 0 unspecified atom stereocenters. The number of rotatable bonds is 3. The van der Waals surface area contributed by atoms with Crippen molar-refractivity contribution in [2.45, 2.75) is 57.4 Å². The molecule has 2 fully saturated rings. The predicted octanol–water partition coefficient (Wildman–Crippen LogP) is 3.26. The first-order chi connectivity index (χ1) is 13.1. The van der Waals surface area contributed by atoms with E-state index in [0.29, 0.717) is 12.6 Å². The van der Waals surface area contributed by atoms with Crippen LogP contribution in [0, 0.1) is 18.3 Å². The summed E-state index contributed by atoms with van der Waals surface area (Å²) in [5.74, 6) is 0. The van der Waals surface area contributed by atoms with Gasteiger partial charge in [0, 0.05) is 38.4 Å². The fourth-order valence-corrected chi connectivity index (χ4v) is 4.38. The van der Waals surface area contributed by atoms with Gasteiger partial charge in [0.25, 0.3) is 0 Å². The Labute approximate surface area is 162 Å². The van der Waals surface area contributed by atoms with Crippen LogP contribution in [0.4, 0.5) is 4.79 Å². The zero-order valence-electron chi connectivity index (χ0n) is 16.5. The lowest BCUT2D eigenvalue weighted by Crippen LogP contribution is -2.44. The Hall–Kier alpha value is -2.13. The van der Waals surface area contributed by atoms with Crippen LogP contribution in [-0.4, -0.2) is 59.7 Å². The SMILES string of the molecule is CCOC(=O)N1CCCN(C2CCC(C#N)(c3cc(C)ccn3)CC2)CC1. The van der Waals surface area contributed by atoms with Gasteiger partial charge in [0.2, 0.25) is 0 Å². The van der Waals surface area contributed by atoms with E-state index < -0.39 is 5.41 Å². The quantitative estimate of drug-likeness (QED) is 0.817. The second kappa shape index (κ2) is 8.71. The molecule has 0 radical (unpaired) electrons. The van der Waals surface area contributed by atoms with Gasteiger partial charge in [0.15, 0.2) is 0 Å². The Morgan fingerprint density at radius 1 is 1.33 bits per heavy atom. The summed E-state index contributed by atoms with van der Waals surface area (Å²) in [5, 5.41) is 9.91. The number of hydrogen-bond acceptors (Lipinski definition) is 5. The van der Waals surface area contributed by atoms with E-state index in [4.69, 9.17) is 4.74 Å². The van der Waals surface area contributed by atoms with Gasteiger partial charge in [-0.2, -0.15) is 5.26 Å². The zero-order valence-corrected chi connectivity index (χ0v) is 16.5. The molecule has 27 heavy (non-hydrogen) atoms. The van der Waals surface area contributed by atoms with E-state index in [2.05, 4.69) is 28.9 Å². The summed E-state index contributed by atoms with van der Waals surface area (Å²) >= 11 is 0. The van der Waals surface area contributed by atoms with E-state index >= 15 is 0 Å². The van der Waals surface area contributed by atoms with Gasteiger partial charge in [0.05, 0.1) is 23.8 Å². The molecule has 1 saturated heterocycles. The van der Waals surface area contributed by atoms with E-state index in [1.165, 1.54) is 0 Å². The van der Waals surface area contributed by atoms with Gasteiger partial charge in [0.1, 0.15) is 0 Å². The molecule has 146 valence electrons. The van der Waals surface area contributed by atoms with E-state index in [1.807, 2.05) is 24.1 Å². The highest BCUT2D eigenvalue weighted by molar-refractivity contribution is 5.67. The van der Waals surface area contributed by atoms with Crippen molar-refractivity contribution in [2.75, 3.05) is 32.8 Å². The van der Waals surface area contributed by atoms with Crippen molar-refractivity contribution in [1.82, 2.24) is 14.8 Å². The van der Waals surface area contributed by atoms with Crippen LogP contribution < -0.4 is 0 Å². The molecule has 1 aromatic rings. The monoisotopic (exact) mass is 370 g/mol.